The Balaban J connectivity index is 1.82. The van der Waals surface area contributed by atoms with E-state index in [1.807, 2.05) is 42.3 Å². The lowest BCUT2D eigenvalue weighted by Gasteiger charge is -2.28. The van der Waals surface area contributed by atoms with Gasteiger partial charge >= 0.3 is 11.9 Å². The Morgan fingerprint density at radius 2 is 1.64 bits per heavy atom. The third kappa shape index (κ3) is 4.34. The smallest absolute Gasteiger partial charge is 0.357 e. The largest absolute Gasteiger partial charge is 0.461 e. The Labute approximate surface area is 191 Å². The number of esters is 2. The molecule has 170 valence electrons. The van der Waals surface area contributed by atoms with Crippen molar-refractivity contribution in [3.05, 3.63) is 65.1 Å². The fraction of sp³-hybridized carbons (Fsp3) is 0.292. The molecule has 9 nitrogen and oxygen atoms in total. The van der Waals surface area contributed by atoms with Gasteiger partial charge in [-0.1, -0.05) is 29.8 Å². The van der Waals surface area contributed by atoms with E-state index in [4.69, 9.17) is 15.2 Å². The first-order chi connectivity index (χ1) is 15.9. The summed E-state index contributed by atoms with van der Waals surface area (Å²) in [6.07, 6.45) is 2.92. The number of hydrogen-bond acceptors (Lipinski definition) is 9. The highest BCUT2D eigenvalue weighted by molar-refractivity contribution is 6.03. The van der Waals surface area contributed by atoms with Gasteiger partial charge in [-0.3, -0.25) is 0 Å². The highest BCUT2D eigenvalue weighted by Gasteiger charge is 2.40. The molecule has 3 heterocycles. The lowest BCUT2D eigenvalue weighted by molar-refractivity contribution is 0.0511. The quantitative estimate of drug-likeness (QED) is 0.676. The van der Waals surface area contributed by atoms with E-state index >= 15 is 0 Å². The summed E-state index contributed by atoms with van der Waals surface area (Å²) in [6, 6.07) is 11.2. The zero-order chi connectivity index (χ0) is 23.5. The van der Waals surface area contributed by atoms with Gasteiger partial charge in [0.25, 0.3) is 0 Å². The molecule has 2 aliphatic heterocycles. The van der Waals surface area contributed by atoms with Crippen LogP contribution in [0.3, 0.4) is 0 Å². The van der Waals surface area contributed by atoms with Crippen molar-refractivity contribution >= 4 is 35.4 Å². The molecule has 0 spiro atoms. The van der Waals surface area contributed by atoms with Gasteiger partial charge in [0, 0.05) is 11.9 Å². The fourth-order valence-electron chi connectivity index (χ4n) is 3.86. The number of ether oxygens (including phenoxy) is 2. The van der Waals surface area contributed by atoms with Crippen molar-refractivity contribution in [1.29, 1.82) is 0 Å². The van der Waals surface area contributed by atoms with Crippen LogP contribution < -0.4 is 10.6 Å². The molecule has 1 aromatic heterocycles. The number of nitrogens with two attached hydrogens (primary N) is 1. The van der Waals surface area contributed by atoms with Crippen LogP contribution >= 0.6 is 0 Å². The van der Waals surface area contributed by atoms with Gasteiger partial charge in [-0.25, -0.2) is 24.6 Å². The second-order valence-electron chi connectivity index (χ2n) is 7.60. The van der Waals surface area contributed by atoms with Gasteiger partial charge in [0.15, 0.2) is 11.4 Å². The van der Waals surface area contributed by atoms with Crippen molar-refractivity contribution in [2.75, 3.05) is 18.1 Å². The third-order valence-electron chi connectivity index (χ3n) is 5.40. The second-order valence-corrected chi connectivity index (χ2v) is 7.60. The minimum absolute atomic E-state index is 0.00701. The van der Waals surface area contributed by atoms with E-state index in [0.29, 0.717) is 11.5 Å². The molecule has 33 heavy (non-hydrogen) atoms. The van der Waals surface area contributed by atoms with Crippen LogP contribution in [0.15, 0.2) is 52.6 Å². The first kappa shape index (κ1) is 22.2. The maximum Gasteiger partial charge on any atom is 0.357 e. The number of aromatic nitrogens is 1. The number of pyridine rings is 1. The van der Waals surface area contributed by atoms with Crippen LogP contribution in [0.1, 0.15) is 46.0 Å². The van der Waals surface area contributed by atoms with Crippen molar-refractivity contribution in [1.82, 2.24) is 4.98 Å². The number of carbonyl (C=O) groups is 2. The number of rotatable bonds is 6. The van der Waals surface area contributed by atoms with Crippen LogP contribution in [-0.2, 0) is 9.47 Å². The van der Waals surface area contributed by atoms with Gasteiger partial charge < -0.3 is 20.1 Å². The second kappa shape index (κ2) is 9.23. The Morgan fingerprint density at radius 3 is 2.21 bits per heavy atom. The van der Waals surface area contributed by atoms with E-state index in [-0.39, 0.29) is 30.5 Å². The monoisotopic (exact) mass is 447 g/mol. The van der Waals surface area contributed by atoms with Gasteiger partial charge in [-0.2, -0.15) is 0 Å². The molecule has 2 N–H and O–H groups in total. The minimum Gasteiger partial charge on any atom is -0.461 e. The van der Waals surface area contributed by atoms with Gasteiger partial charge in [0.1, 0.15) is 18.3 Å². The van der Waals surface area contributed by atoms with Crippen molar-refractivity contribution in [3.63, 3.8) is 0 Å². The van der Waals surface area contributed by atoms with E-state index in [1.165, 1.54) is 6.34 Å². The third-order valence-corrected chi connectivity index (χ3v) is 5.40. The summed E-state index contributed by atoms with van der Waals surface area (Å²) in [7, 11) is 0. The highest BCUT2D eigenvalue weighted by Crippen LogP contribution is 2.40. The minimum atomic E-state index is -0.628. The van der Waals surface area contributed by atoms with Crippen LogP contribution in [0.2, 0.25) is 0 Å². The Kier molecular flexibility index (Phi) is 6.21. The Morgan fingerprint density at radius 1 is 1.03 bits per heavy atom. The summed E-state index contributed by atoms with van der Waals surface area (Å²) in [5.74, 6) is -1.11. The van der Waals surface area contributed by atoms with E-state index < -0.39 is 18.1 Å². The Hall–Kier alpha value is -4.01. The zero-order valence-electron chi connectivity index (χ0n) is 18.7. The molecular formula is C24H25N5O4. The van der Waals surface area contributed by atoms with E-state index in [1.54, 1.807) is 26.0 Å². The number of fused-ring (bicyclic) bond motifs is 1. The number of nitrogens with zero attached hydrogens (tertiary/aromatic N) is 4. The summed E-state index contributed by atoms with van der Waals surface area (Å²) in [5.41, 5.74) is 9.90. The molecule has 1 aromatic carbocycles. The molecule has 0 aliphatic carbocycles. The normalized spacial score (nSPS) is 18.9. The molecule has 2 aromatic rings. The first-order valence-electron chi connectivity index (χ1n) is 10.7. The molecule has 9 heteroatoms. The van der Waals surface area contributed by atoms with Crippen LogP contribution in [0.25, 0.3) is 5.57 Å². The molecule has 0 bridgehead atoms. The molecule has 0 radical (unpaired) electrons. The van der Waals surface area contributed by atoms with E-state index in [9.17, 15) is 9.59 Å². The summed E-state index contributed by atoms with van der Waals surface area (Å²) < 4.78 is 10.2. The average molecular weight is 447 g/mol. The maximum atomic E-state index is 12.5. The van der Waals surface area contributed by atoms with Crippen LogP contribution in [-0.4, -0.2) is 48.5 Å². The molecule has 0 saturated carbocycles. The van der Waals surface area contributed by atoms with E-state index in [0.717, 1.165) is 16.7 Å². The molecule has 4 rings (SSSR count). The molecule has 0 fully saturated rings. The van der Waals surface area contributed by atoms with Crippen molar-refractivity contribution in [2.24, 2.45) is 21.6 Å². The van der Waals surface area contributed by atoms with Gasteiger partial charge in [-0.15, -0.1) is 0 Å². The summed E-state index contributed by atoms with van der Waals surface area (Å²) in [4.78, 5) is 39.7. The maximum absolute atomic E-state index is 12.5. The summed E-state index contributed by atoms with van der Waals surface area (Å²) in [6.45, 7) is 5.79. The van der Waals surface area contributed by atoms with E-state index in [2.05, 4.69) is 15.0 Å². The van der Waals surface area contributed by atoms with Crippen molar-refractivity contribution in [3.8, 4) is 0 Å². The van der Waals surface area contributed by atoms with Crippen LogP contribution in [0.5, 0.6) is 0 Å². The molecule has 0 saturated heterocycles. The topological polar surface area (TPSA) is 119 Å². The fourth-order valence-corrected chi connectivity index (χ4v) is 3.86. The molecule has 2 atom stereocenters. The summed E-state index contributed by atoms with van der Waals surface area (Å²) >= 11 is 0. The summed E-state index contributed by atoms with van der Waals surface area (Å²) in [5, 5.41) is 0. The first-order valence-corrected chi connectivity index (χ1v) is 10.7. The molecular weight excluding hydrogens is 422 g/mol. The van der Waals surface area contributed by atoms with Crippen LogP contribution in [0.4, 0.5) is 5.69 Å². The standard InChI is InChI=1S/C24H25N5O4/c1-4-32-23(30)18-10-16(11-19(28-18)24(31)33-5-2)29-12-17(15-8-6-14(3)7-9-15)20-21(25)26-13-27-22(20)29/h6-13,20,22H,4-5H2,1-3H3,(H2,25,26,27). The number of hydrogen-bond donors (Lipinski definition) is 1. The highest BCUT2D eigenvalue weighted by atomic mass is 16.5. The predicted molar refractivity (Wildman–Crippen MR) is 125 cm³/mol. The average Bonchev–Trinajstić information content (AvgIpc) is 3.21. The number of amidine groups is 1. The Bertz CT molecular complexity index is 1130. The van der Waals surface area contributed by atoms with Crippen molar-refractivity contribution < 1.29 is 19.1 Å². The zero-order valence-corrected chi connectivity index (χ0v) is 18.7. The predicted octanol–water partition coefficient (Wildman–Crippen LogP) is 2.95. The number of aliphatic imine (C=N–C) groups is 2. The number of aryl methyl sites for hydroxylation is 1. The molecule has 2 unspecified atom stereocenters. The van der Waals surface area contributed by atoms with Gasteiger partial charge in [0.2, 0.25) is 0 Å². The van der Waals surface area contributed by atoms with Gasteiger partial charge in [-0.05, 0) is 44.0 Å². The lowest BCUT2D eigenvalue weighted by Crippen LogP contribution is -2.40. The van der Waals surface area contributed by atoms with Crippen molar-refractivity contribution in [2.45, 2.75) is 26.9 Å². The molecule has 0 amide bonds. The number of anilines is 1. The number of carbonyl (C=O) groups excluding carboxylic acids is 2. The number of benzene rings is 1. The SMILES string of the molecule is CCOC(=O)c1cc(N2C=C(c3ccc(C)cc3)C3C(N)=NC=NC32)cc(C(=O)OCC)n1. The molecule has 2 aliphatic rings. The van der Waals surface area contributed by atoms with Crippen LogP contribution in [0, 0.1) is 12.8 Å². The van der Waals surface area contributed by atoms with Gasteiger partial charge in [0.05, 0.1) is 19.1 Å². The lowest BCUT2D eigenvalue weighted by atomic mass is 9.91.